The molecule has 212 valence electrons. The fourth-order valence-electron chi connectivity index (χ4n) is 4.52. The summed E-state index contributed by atoms with van der Waals surface area (Å²) in [4.78, 5) is 0. The Morgan fingerprint density at radius 2 is 1.74 bits per heavy atom. The Labute approximate surface area is 226 Å². The molecule has 1 saturated heterocycles. The summed E-state index contributed by atoms with van der Waals surface area (Å²) in [6.07, 6.45) is 0.651. The quantitative estimate of drug-likeness (QED) is 0.155. The molecule has 2 aromatic carbocycles. The maximum atomic E-state index is 10.2. The van der Waals surface area contributed by atoms with Crippen LogP contribution in [-0.4, -0.2) is 86.8 Å². The van der Waals surface area contributed by atoms with E-state index in [1.54, 1.807) is 13.2 Å². The van der Waals surface area contributed by atoms with E-state index in [0.717, 1.165) is 23.1 Å². The number of aliphatic hydroxyl groups excluding tert-OH is 2. The maximum Gasteiger partial charge on any atom is 0.138 e. The summed E-state index contributed by atoms with van der Waals surface area (Å²) in [5.74, 6) is 0.172. The van der Waals surface area contributed by atoms with Crippen LogP contribution in [0.1, 0.15) is 42.4 Å². The molecule has 1 fully saturated rings. The van der Waals surface area contributed by atoms with Crippen LogP contribution >= 0.6 is 0 Å². The molecule has 2 aromatic rings. The van der Waals surface area contributed by atoms with Gasteiger partial charge in [0, 0.05) is 39.3 Å². The van der Waals surface area contributed by atoms with Crippen LogP contribution in [0.25, 0.3) is 0 Å². The number of rotatable bonds is 17. The number of phenols is 1. The number of anilines is 1. The van der Waals surface area contributed by atoms with Crippen molar-refractivity contribution in [1.29, 1.82) is 0 Å². The third-order valence-corrected chi connectivity index (χ3v) is 6.70. The van der Waals surface area contributed by atoms with Crippen LogP contribution in [0.15, 0.2) is 42.5 Å². The molecule has 9 heteroatoms. The van der Waals surface area contributed by atoms with Gasteiger partial charge in [-0.05, 0) is 41.7 Å². The summed E-state index contributed by atoms with van der Waals surface area (Å²) in [5.41, 5.74) is 3.76. The van der Waals surface area contributed by atoms with Gasteiger partial charge in [-0.15, -0.1) is 0 Å². The van der Waals surface area contributed by atoms with E-state index in [4.69, 9.17) is 24.1 Å². The van der Waals surface area contributed by atoms with Gasteiger partial charge in [-0.2, -0.15) is 0 Å². The first-order valence-electron chi connectivity index (χ1n) is 13.5. The molecule has 38 heavy (non-hydrogen) atoms. The number of hydrogen-bond acceptors (Lipinski definition) is 9. The van der Waals surface area contributed by atoms with Gasteiger partial charge >= 0.3 is 0 Å². The number of aliphatic hydroxyl groups is 2. The highest BCUT2D eigenvalue weighted by molar-refractivity contribution is 5.57. The van der Waals surface area contributed by atoms with E-state index < -0.39 is 6.10 Å². The van der Waals surface area contributed by atoms with Crippen molar-refractivity contribution < 1.29 is 34.3 Å². The molecule has 0 aliphatic carbocycles. The van der Waals surface area contributed by atoms with Crippen LogP contribution in [0.5, 0.6) is 5.75 Å². The predicted octanol–water partition coefficient (Wildman–Crippen LogP) is 2.78. The summed E-state index contributed by atoms with van der Waals surface area (Å²) in [6, 6.07) is 13.7. The Balaban J connectivity index is 1.71. The Kier molecular flexibility index (Phi) is 13.3. The first-order chi connectivity index (χ1) is 18.5. The van der Waals surface area contributed by atoms with Crippen LogP contribution in [-0.2, 0) is 32.2 Å². The molecule has 5 N–H and O–H groups in total. The molecule has 1 aliphatic rings. The SMILES string of the molecule is CC[C@@H](O)CO[C@@H]1CNC[C@H](OCc2ccc(O)c(NCCCOC)c2)[C@H]1c1ccc(COCCO)cc1. The van der Waals surface area contributed by atoms with Gasteiger partial charge in [-0.25, -0.2) is 0 Å². The highest BCUT2D eigenvalue weighted by atomic mass is 16.5. The topological polar surface area (TPSA) is 122 Å². The van der Waals surface area contributed by atoms with Gasteiger partial charge in [0.25, 0.3) is 0 Å². The molecule has 0 aromatic heterocycles. The van der Waals surface area contributed by atoms with Crippen molar-refractivity contribution in [2.24, 2.45) is 0 Å². The zero-order valence-corrected chi connectivity index (χ0v) is 22.6. The number of ether oxygens (including phenoxy) is 4. The van der Waals surface area contributed by atoms with E-state index in [2.05, 4.69) is 22.8 Å². The van der Waals surface area contributed by atoms with Gasteiger partial charge in [0.1, 0.15) is 5.75 Å². The van der Waals surface area contributed by atoms with Crippen LogP contribution < -0.4 is 10.6 Å². The molecule has 9 nitrogen and oxygen atoms in total. The van der Waals surface area contributed by atoms with Gasteiger partial charge in [0.15, 0.2) is 0 Å². The summed E-state index contributed by atoms with van der Waals surface area (Å²) < 4.78 is 23.2. The summed E-state index contributed by atoms with van der Waals surface area (Å²) in [6.45, 7) is 6.03. The molecule has 0 unspecified atom stereocenters. The third kappa shape index (κ3) is 9.50. The van der Waals surface area contributed by atoms with Gasteiger partial charge in [-0.1, -0.05) is 37.3 Å². The molecule has 1 heterocycles. The largest absolute Gasteiger partial charge is 0.506 e. The minimum atomic E-state index is -0.505. The van der Waals surface area contributed by atoms with Crippen molar-refractivity contribution in [3.05, 3.63) is 59.2 Å². The fraction of sp³-hybridized carbons (Fsp3) is 0.586. The third-order valence-electron chi connectivity index (χ3n) is 6.70. The number of phenolic OH excluding ortho intramolecular Hbond substituents is 1. The zero-order chi connectivity index (χ0) is 27.2. The summed E-state index contributed by atoms with van der Waals surface area (Å²) >= 11 is 0. The first-order valence-corrected chi connectivity index (χ1v) is 13.5. The molecule has 0 spiro atoms. The van der Waals surface area contributed by atoms with Crippen LogP contribution in [0.2, 0.25) is 0 Å². The Hall–Kier alpha value is -2.24. The fourth-order valence-corrected chi connectivity index (χ4v) is 4.52. The van der Waals surface area contributed by atoms with E-state index in [9.17, 15) is 10.2 Å². The second kappa shape index (κ2) is 16.7. The first kappa shape index (κ1) is 30.3. The molecular formula is C29H44N2O7. The molecule has 3 rings (SSSR count). The van der Waals surface area contributed by atoms with Crippen molar-refractivity contribution in [1.82, 2.24) is 5.32 Å². The second-order valence-corrected chi connectivity index (χ2v) is 9.61. The highest BCUT2D eigenvalue weighted by Crippen LogP contribution is 2.32. The van der Waals surface area contributed by atoms with E-state index >= 15 is 0 Å². The number of benzene rings is 2. The van der Waals surface area contributed by atoms with Crippen LogP contribution in [0.3, 0.4) is 0 Å². The van der Waals surface area contributed by atoms with Crippen LogP contribution in [0, 0.1) is 0 Å². The minimum Gasteiger partial charge on any atom is -0.506 e. The molecule has 0 radical (unpaired) electrons. The van der Waals surface area contributed by atoms with E-state index in [-0.39, 0.29) is 37.1 Å². The van der Waals surface area contributed by atoms with E-state index in [1.807, 2.05) is 31.2 Å². The monoisotopic (exact) mass is 532 g/mol. The molecule has 0 saturated carbocycles. The van der Waals surface area contributed by atoms with E-state index in [1.165, 1.54) is 0 Å². The number of hydrogen-bond donors (Lipinski definition) is 5. The number of nitrogens with one attached hydrogen (secondary N) is 2. The van der Waals surface area contributed by atoms with Crippen molar-refractivity contribution >= 4 is 5.69 Å². The molecular weight excluding hydrogens is 488 g/mol. The highest BCUT2D eigenvalue weighted by Gasteiger charge is 2.36. The van der Waals surface area contributed by atoms with Crippen molar-refractivity contribution in [3.63, 3.8) is 0 Å². The Bertz CT molecular complexity index is 928. The number of methoxy groups -OCH3 is 1. The Morgan fingerprint density at radius 1 is 1.00 bits per heavy atom. The smallest absolute Gasteiger partial charge is 0.138 e. The Morgan fingerprint density at radius 3 is 2.45 bits per heavy atom. The standard InChI is InChI=1S/C29H44N2O7/c1-3-24(33)20-38-28-17-30-16-27(29(28)23-8-5-21(6-9-23)18-36-14-12-32)37-19-22-7-10-26(34)25(15-22)31-11-4-13-35-2/h5-10,15,24,27-34H,3-4,11-14,16-20H2,1-2H3/t24-,27+,28-,29-/m1/s1. The molecule has 0 bridgehead atoms. The van der Waals surface area contributed by atoms with Crippen molar-refractivity contribution in [3.8, 4) is 5.75 Å². The van der Waals surface area contributed by atoms with Gasteiger partial charge in [0.2, 0.25) is 0 Å². The maximum absolute atomic E-state index is 10.2. The van der Waals surface area contributed by atoms with Crippen LogP contribution in [0.4, 0.5) is 5.69 Å². The summed E-state index contributed by atoms with van der Waals surface area (Å²) in [7, 11) is 1.67. The average molecular weight is 533 g/mol. The van der Waals surface area contributed by atoms with Gasteiger partial charge in [0.05, 0.1) is 57.0 Å². The lowest BCUT2D eigenvalue weighted by Crippen LogP contribution is -2.51. The molecule has 4 atom stereocenters. The van der Waals surface area contributed by atoms with Gasteiger partial charge in [-0.3, -0.25) is 0 Å². The van der Waals surface area contributed by atoms with E-state index in [0.29, 0.717) is 58.2 Å². The average Bonchev–Trinajstić information content (AvgIpc) is 2.94. The lowest BCUT2D eigenvalue weighted by atomic mass is 9.85. The summed E-state index contributed by atoms with van der Waals surface area (Å²) in [5, 5.41) is 36.0. The molecule has 1 aliphatic heterocycles. The van der Waals surface area contributed by atoms with Gasteiger partial charge < -0.3 is 44.9 Å². The number of piperidine rings is 1. The normalized spacial score (nSPS) is 20.4. The van der Waals surface area contributed by atoms with Crippen molar-refractivity contribution in [2.75, 3.05) is 58.5 Å². The predicted molar refractivity (Wildman–Crippen MR) is 146 cm³/mol. The lowest BCUT2D eigenvalue weighted by molar-refractivity contribution is -0.0777. The molecule has 0 amide bonds. The zero-order valence-electron chi connectivity index (χ0n) is 22.6. The van der Waals surface area contributed by atoms with Crippen molar-refractivity contribution in [2.45, 2.75) is 57.2 Å². The lowest BCUT2D eigenvalue weighted by Gasteiger charge is -2.39. The minimum absolute atomic E-state index is 0.00120. The second-order valence-electron chi connectivity index (χ2n) is 9.61. The number of aromatic hydroxyl groups is 1.